The summed E-state index contributed by atoms with van der Waals surface area (Å²) in [5, 5.41) is 17.0. The van der Waals surface area contributed by atoms with Crippen LogP contribution in [0.15, 0.2) is 18.2 Å². The minimum Gasteiger partial charge on any atom is -0.352 e. The number of nitrogens with one attached hydrogen (secondary N) is 2. The summed E-state index contributed by atoms with van der Waals surface area (Å²) in [4.78, 5) is 22.4. The molecule has 1 aromatic rings. The van der Waals surface area contributed by atoms with Gasteiger partial charge >= 0.3 is 0 Å². The number of carbonyl (C=O) groups is 1. The van der Waals surface area contributed by atoms with E-state index in [1.54, 1.807) is 13.0 Å². The van der Waals surface area contributed by atoms with E-state index in [9.17, 15) is 14.9 Å². The van der Waals surface area contributed by atoms with Crippen LogP contribution in [0.1, 0.15) is 30.4 Å². The Morgan fingerprint density at radius 2 is 2.09 bits per heavy atom. The highest BCUT2D eigenvalue weighted by Crippen LogP contribution is 2.21. The number of piperidine rings is 1. The number of halogens is 1. The third-order valence-corrected chi connectivity index (χ3v) is 4.02. The van der Waals surface area contributed by atoms with Gasteiger partial charge in [-0.2, -0.15) is 0 Å². The van der Waals surface area contributed by atoms with Crippen molar-refractivity contribution in [3.63, 3.8) is 0 Å². The molecule has 1 saturated heterocycles. The van der Waals surface area contributed by atoms with E-state index in [1.807, 2.05) is 6.07 Å². The standard InChI is InChI=1S/C15H21N3O3.ClH/c1-11-13(3-2-4-14(11)18(20)21)10-17-15(19)9-12-5-7-16-8-6-12;/h2-4,12,16H,5-10H2,1H3,(H,17,19);1H. The van der Waals surface area contributed by atoms with E-state index >= 15 is 0 Å². The van der Waals surface area contributed by atoms with Crippen LogP contribution in [0.3, 0.4) is 0 Å². The zero-order valence-corrected chi connectivity index (χ0v) is 13.4. The van der Waals surface area contributed by atoms with Crippen LogP contribution in [-0.2, 0) is 11.3 Å². The molecule has 0 aliphatic carbocycles. The van der Waals surface area contributed by atoms with Crippen molar-refractivity contribution in [3.8, 4) is 0 Å². The lowest BCUT2D eigenvalue weighted by atomic mass is 9.94. The van der Waals surface area contributed by atoms with Crippen LogP contribution in [0.25, 0.3) is 0 Å². The third-order valence-electron chi connectivity index (χ3n) is 4.02. The first-order chi connectivity index (χ1) is 10.1. The number of nitro groups is 1. The van der Waals surface area contributed by atoms with Gasteiger partial charge in [0, 0.05) is 24.6 Å². The lowest BCUT2D eigenvalue weighted by Gasteiger charge is -2.22. The van der Waals surface area contributed by atoms with Gasteiger partial charge in [0.25, 0.3) is 5.69 Å². The molecule has 7 heteroatoms. The normalized spacial score (nSPS) is 15.0. The maximum absolute atomic E-state index is 11.9. The Bertz CT molecular complexity index is 531. The predicted octanol–water partition coefficient (Wildman–Crippen LogP) is 2.33. The number of carbonyl (C=O) groups excluding carboxylic acids is 1. The third kappa shape index (κ3) is 4.96. The molecule has 0 bridgehead atoms. The molecule has 1 aromatic carbocycles. The van der Waals surface area contributed by atoms with E-state index in [0.717, 1.165) is 31.5 Å². The lowest BCUT2D eigenvalue weighted by Crippen LogP contribution is -2.32. The summed E-state index contributed by atoms with van der Waals surface area (Å²) in [6.07, 6.45) is 2.60. The van der Waals surface area contributed by atoms with Crippen molar-refractivity contribution < 1.29 is 9.72 Å². The van der Waals surface area contributed by atoms with Crippen LogP contribution >= 0.6 is 12.4 Å². The van der Waals surface area contributed by atoms with E-state index in [1.165, 1.54) is 6.07 Å². The highest BCUT2D eigenvalue weighted by Gasteiger charge is 2.17. The Labute approximate surface area is 136 Å². The van der Waals surface area contributed by atoms with E-state index in [-0.39, 0.29) is 24.0 Å². The van der Waals surface area contributed by atoms with E-state index in [4.69, 9.17) is 0 Å². The number of amides is 1. The van der Waals surface area contributed by atoms with Crippen molar-refractivity contribution in [1.29, 1.82) is 0 Å². The molecular formula is C15H22ClN3O3. The Morgan fingerprint density at radius 3 is 2.73 bits per heavy atom. The van der Waals surface area contributed by atoms with Crippen molar-refractivity contribution in [1.82, 2.24) is 10.6 Å². The van der Waals surface area contributed by atoms with Gasteiger partial charge in [0.2, 0.25) is 5.91 Å². The summed E-state index contributed by atoms with van der Waals surface area (Å²) in [6.45, 7) is 4.01. The van der Waals surface area contributed by atoms with Gasteiger partial charge in [-0.05, 0) is 44.3 Å². The molecule has 1 heterocycles. The van der Waals surface area contributed by atoms with Crippen LogP contribution in [0.5, 0.6) is 0 Å². The first-order valence-electron chi connectivity index (χ1n) is 7.28. The first-order valence-corrected chi connectivity index (χ1v) is 7.28. The van der Waals surface area contributed by atoms with Gasteiger partial charge in [0.15, 0.2) is 0 Å². The number of hydrogen-bond acceptors (Lipinski definition) is 4. The Balaban J connectivity index is 0.00000242. The van der Waals surface area contributed by atoms with Crippen molar-refractivity contribution in [2.45, 2.75) is 32.7 Å². The molecule has 1 aliphatic rings. The maximum atomic E-state index is 11.9. The summed E-state index contributed by atoms with van der Waals surface area (Å²) in [5.74, 6) is 0.463. The minimum atomic E-state index is -0.393. The molecule has 2 rings (SSSR count). The molecule has 1 amide bonds. The highest BCUT2D eigenvalue weighted by molar-refractivity contribution is 5.85. The van der Waals surface area contributed by atoms with Gasteiger partial charge in [0.1, 0.15) is 0 Å². The van der Waals surface area contributed by atoms with Gasteiger partial charge in [0.05, 0.1) is 4.92 Å². The second kappa shape index (κ2) is 8.70. The van der Waals surface area contributed by atoms with Crippen molar-refractivity contribution in [2.75, 3.05) is 13.1 Å². The average Bonchev–Trinajstić information content (AvgIpc) is 2.47. The highest BCUT2D eigenvalue weighted by atomic mass is 35.5. The summed E-state index contributed by atoms with van der Waals surface area (Å²) < 4.78 is 0. The topological polar surface area (TPSA) is 84.3 Å². The van der Waals surface area contributed by atoms with Gasteiger partial charge < -0.3 is 10.6 Å². The summed E-state index contributed by atoms with van der Waals surface area (Å²) in [6, 6.07) is 4.95. The Kier molecular flexibility index (Phi) is 7.27. The fraction of sp³-hybridized carbons (Fsp3) is 0.533. The monoisotopic (exact) mass is 327 g/mol. The molecule has 122 valence electrons. The van der Waals surface area contributed by atoms with Gasteiger partial charge in [-0.1, -0.05) is 12.1 Å². The zero-order valence-electron chi connectivity index (χ0n) is 12.6. The van der Waals surface area contributed by atoms with Crippen LogP contribution in [0.2, 0.25) is 0 Å². The van der Waals surface area contributed by atoms with Crippen LogP contribution in [-0.4, -0.2) is 23.9 Å². The molecule has 0 radical (unpaired) electrons. The molecular weight excluding hydrogens is 306 g/mol. The van der Waals surface area contributed by atoms with E-state index in [0.29, 0.717) is 24.4 Å². The second-order valence-electron chi connectivity index (χ2n) is 5.49. The van der Waals surface area contributed by atoms with Gasteiger partial charge in [-0.3, -0.25) is 14.9 Å². The maximum Gasteiger partial charge on any atom is 0.272 e. The number of rotatable bonds is 5. The molecule has 0 atom stereocenters. The Hall–Kier alpha value is -1.66. The molecule has 22 heavy (non-hydrogen) atoms. The van der Waals surface area contributed by atoms with Crippen LogP contribution in [0, 0.1) is 23.0 Å². The lowest BCUT2D eigenvalue weighted by molar-refractivity contribution is -0.385. The van der Waals surface area contributed by atoms with E-state index < -0.39 is 4.92 Å². The molecule has 0 saturated carbocycles. The SMILES string of the molecule is Cc1c(CNC(=O)CC2CCNCC2)cccc1[N+](=O)[O-].Cl. The number of nitrogens with zero attached hydrogens (tertiary/aromatic N) is 1. The number of hydrogen-bond donors (Lipinski definition) is 2. The molecule has 1 fully saturated rings. The quantitative estimate of drug-likeness (QED) is 0.642. The summed E-state index contributed by atoms with van der Waals surface area (Å²) in [7, 11) is 0. The minimum absolute atomic E-state index is 0. The molecule has 2 N–H and O–H groups in total. The van der Waals surface area contributed by atoms with Gasteiger partial charge in [-0.25, -0.2) is 0 Å². The zero-order chi connectivity index (χ0) is 15.2. The first kappa shape index (κ1) is 18.4. The largest absolute Gasteiger partial charge is 0.352 e. The van der Waals surface area contributed by atoms with Crippen LogP contribution in [0.4, 0.5) is 5.69 Å². The predicted molar refractivity (Wildman–Crippen MR) is 87.1 cm³/mol. The summed E-state index contributed by atoms with van der Waals surface area (Å²) >= 11 is 0. The summed E-state index contributed by atoms with van der Waals surface area (Å²) in [5.41, 5.74) is 1.51. The van der Waals surface area contributed by atoms with Crippen molar-refractivity contribution in [2.24, 2.45) is 5.92 Å². The van der Waals surface area contributed by atoms with Crippen LogP contribution < -0.4 is 10.6 Å². The number of benzene rings is 1. The van der Waals surface area contributed by atoms with Crippen molar-refractivity contribution >= 4 is 24.0 Å². The van der Waals surface area contributed by atoms with Crippen molar-refractivity contribution in [3.05, 3.63) is 39.4 Å². The molecule has 0 aromatic heterocycles. The molecule has 1 aliphatic heterocycles. The fourth-order valence-corrected chi connectivity index (χ4v) is 2.67. The molecule has 0 unspecified atom stereocenters. The molecule has 6 nitrogen and oxygen atoms in total. The Morgan fingerprint density at radius 1 is 1.41 bits per heavy atom. The van der Waals surface area contributed by atoms with Gasteiger partial charge in [-0.15, -0.1) is 12.4 Å². The van der Waals surface area contributed by atoms with E-state index in [2.05, 4.69) is 10.6 Å². The smallest absolute Gasteiger partial charge is 0.272 e. The number of nitro benzene ring substituents is 1. The average molecular weight is 328 g/mol. The second-order valence-corrected chi connectivity index (χ2v) is 5.49. The fourth-order valence-electron chi connectivity index (χ4n) is 2.67. The molecule has 0 spiro atoms.